The zero-order chi connectivity index (χ0) is 18.7. The third-order valence-electron chi connectivity index (χ3n) is 3.45. The highest BCUT2D eigenvalue weighted by molar-refractivity contribution is 7.99. The zero-order valence-electron chi connectivity index (χ0n) is 13.5. The van der Waals surface area contributed by atoms with Gasteiger partial charge in [-0.3, -0.25) is 4.79 Å². The number of hydrogen-bond donors (Lipinski definition) is 1. The van der Waals surface area contributed by atoms with Gasteiger partial charge in [0, 0.05) is 28.3 Å². The van der Waals surface area contributed by atoms with Crippen LogP contribution in [0.15, 0.2) is 47.6 Å². The lowest BCUT2D eigenvalue weighted by Crippen LogP contribution is -2.14. The number of aromatic nitrogens is 3. The molecule has 0 aliphatic rings. The lowest BCUT2D eigenvalue weighted by atomic mass is 10.2. The Morgan fingerprint density at radius 3 is 2.62 bits per heavy atom. The van der Waals surface area contributed by atoms with Crippen LogP contribution in [0.1, 0.15) is 0 Å². The highest BCUT2D eigenvalue weighted by atomic mass is 35.5. The molecule has 0 saturated carbocycles. The van der Waals surface area contributed by atoms with E-state index in [1.807, 2.05) is 7.05 Å². The topological polar surface area (TPSA) is 59.8 Å². The molecule has 0 radical (unpaired) electrons. The lowest BCUT2D eigenvalue weighted by Gasteiger charge is -2.07. The van der Waals surface area contributed by atoms with Crippen LogP contribution >= 0.6 is 46.6 Å². The fraction of sp³-hybridized carbons (Fsp3) is 0.118. The van der Waals surface area contributed by atoms with Gasteiger partial charge in [-0.25, -0.2) is 0 Å². The van der Waals surface area contributed by atoms with Crippen molar-refractivity contribution in [1.82, 2.24) is 14.8 Å². The Morgan fingerprint density at radius 1 is 1.12 bits per heavy atom. The first-order chi connectivity index (χ1) is 12.4. The van der Waals surface area contributed by atoms with Crippen molar-refractivity contribution in [2.24, 2.45) is 7.05 Å². The third kappa shape index (κ3) is 4.51. The molecule has 26 heavy (non-hydrogen) atoms. The Kier molecular flexibility index (Phi) is 6.09. The van der Waals surface area contributed by atoms with Crippen LogP contribution in [-0.4, -0.2) is 26.4 Å². The number of anilines is 1. The standard InChI is InChI=1S/C17H13Cl3N4OS/c1-24-16(13-6-5-11(19)8-14(13)20)22-23-17(24)26-9-15(25)21-12-4-2-3-10(18)7-12/h2-8H,9H2,1H3,(H,21,25). The van der Waals surface area contributed by atoms with E-state index in [-0.39, 0.29) is 11.7 Å². The number of halogens is 3. The van der Waals surface area contributed by atoms with Gasteiger partial charge in [0.25, 0.3) is 0 Å². The van der Waals surface area contributed by atoms with E-state index in [1.54, 1.807) is 47.0 Å². The number of carbonyl (C=O) groups is 1. The van der Waals surface area contributed by atoms with Crippen LogP contribution in [0.4, 0.5) is 5.69 Å². The van der Waals surface area contributed by atoms with E-state index < -0.39 is 0 Å². The first-order valence-electron chi connectivity index (χ1n) is 7.47. The Bertz CT molecular complexity index is 961. The van der Waals surface area contributed by atoms with Crippen LogP contribution in [0.25, 0.3) is 11.4 Å². The van der Waals surface area contributed by atoms with Crippen molar-refractivity contribution in [2.45, 2.75) is 5.16 Å². The minimum Gasteiger partial charge on any atom is -0.325 e. The second-order valence-electron chi connectivity index (χ2n) is 5.34. The minimum atomic E-state index is -0.161. The highest BCUT2D eigenvalue weighted by Gasteiger charge is 2.15. The lowest BCUT2D eigenvalue weighted by molar-refractivity contribution is -0.113. The largest absolute Gasteiger partial charge is 0.325 e. The summed E-state index contributed by atoms with van der Waals surface area (Å²) in [5, 5.41) is 13.3. The summed E-state index contributed by atoms with van der Waals surface area (Å²) in [5.74, 6) is 0.628. The second kappa shape index (κ2) is 8.31. The van der Waals surface area contributed by atoms with E-state index in [9.17, 15) is 4.79 Å². The number of nitrogens with zero attached hydrogens (tertiary/aromatic N) is 3. The number of carbonyl (C=O) groups excluding carboxylic acids is 1. The van der Waals surface area contributed by atoms with Crippen molar-refractivity contribution in [1.29, 1.82) is 0 Å². The summed E-state index contributed by atoms with van der Waals surface area (Å²) >= 11 is 19.3. The van der Waals surface area contributed by atoms with Crippen molar-refractivity contribution >= 4 is 58.2 Å². The van der Waals surface area contributed by atoms with Crippen LogP contribution in [0.3, 0.4) is 0 Å². The molecule has 0 aliphatic carbocycles. The molecule has 0 atom stereocenters. The molecule has 9 heteroatoms. The number of benzene rings is 2. The molecule has 1 aromatic heterocycles. The van der Waals surface area contributed by atoms with Gasteiger partial charge in [-0.15, -0.1) is 10.2 Å². The van der Waals surface area contributed by atoms with Crippen LogP contribution in [-0.2, 0) is 11.8 Å². The maximum Gasteiger partial charge on any atom is 0.234 e. The summed E-state index contributed by atoms with van der Waals surface area (Å²) in [6.07, 6.45) is 0. The Hall–Kier alpha value is -1.73. The minimum absolute atomic E-state index is 0.161. The molecule has 3 rings (SSSR count). The molecular formula is C17H13Cl3N4OS. The average Bonchev–Trinajstić information content (AvgIpc) is 2.94. The van der Waals surface area contributed by atoms with Gasteiger partial charge in [-0.2, -0.15) is 0 Å². The number of rotatable bonds is 5. The van der Waals surface area contributed by atoms with E-state index in [1.165, 1.54) is 11.8 Å². The van der Waals surface area contributed by atoms with Crippen LogP contribution in [0.5, 0.6) is 0 Å². The van der Waals surface area contributed by atoms with Gasteiger partial charge in [0.15, 0.2) is 11.0 Å². The zero-order valence-corrected chi connectivity index (χ0v) is 16.6. The van der Waals surface area contributed by atoms with Crippen LogP contribution in [0, 0.1) is 0 Å². The molecule has 5 nitrogen and oxygen atoms in total. The maximum atomic E-state index is 12.1. The van der Waals surface area contributed by atoms with Crippen molar-refractivity contribution < 1.29 is 4.79 Å². The van der Waals surface area contributed by atoms with Crippen molar-refractivity contribution in [3.05, 3.63) is 57.5 Å². The predicted molar refractivity (Wildman–Crippen MR) is 107 cm³/mol. The molecule has 0 saturated heterocycles. The van der Waals surface area contributed by atoms with E-state index in [2.05, 4.69) is 15.5 Å². The Morgan fingerprint density at radius 2 is 1.88 bits per heavy atom. The van der Waals surface area contributed by atoms with Crippen molar-refractivity contribution in [3.63, 3.8) is 0 Å². The van der Waals surface area contributed by atoms with Crippen LogP contribution < -0.4 is 5.32 Å². The van der Waals surface area contributed by atoms with E-state index in [0.29, 0.717) is 31.7 Å². The van der Waals surface area contributed by atoms with Gasteiger partial charge in [-0.05, 0) is 36.4 Å². The molecular weight excluding hydrogens is 415 g/mol. The number of hydrogen-bond acceptors (Lipinski definition) is 4. The van der Waals surface area contributed by atoms with E-state index in [0.717, 1.165) is 5.56 Å². The maximum absolute atomic E-state index is 12.1. The van der Waals surface area contributed by atoms with Gasteiger partial charge in [-0.1, -0.05) is 52.6 Å². The van der Waals surface area contributed by atoms with Gasteiger partial charge >= 0.3 is 0 Å². The monoisotopic (exact) mass is 426 g/mol. The summed E-state index contributed by atoms with van der Waals surface area (Å²) < 4.78 is 1.78. The average molecular weight is 428 g/mol. The molecule has 0 bridgehead atoms. The molecule has 3 aromatic rings. The number of amides is 1. The second-order valence-corrected chi connectivity index (χ2v) is 7.56. The molecule has 134 valence electrons. The van der Waals surface area contributed by atoms with Crippen molar-refractivity contribution in [2.75, 3.05) is 11.1 Å². The molecule has 0 aliphatic heterocycles. The smallest absolute Gasteiger partial charge is 0.234 e. The number of nitrogens with one attached hydrogen (secondary N) is 1. The molecule has 0 unspecified atom stereocenters. The van der Waals surface area contributed by atoms with Gasteiger partial charge in [0.1, 0.15) is 0 Å². The third-order valence-corrected chi connectivity index (χ3v) is 5.25. The van der Waals surface area contributed by atoms with Gasteiger partial charge < -0.3 is 9.88 Å². The first-order valence-corrected chi connectivity index (χ1v) is 9.59. The summed E-state index contributed by atoms with van der Waals surface area (Å²) in [6, 6.07) is 12.2. The Labute approximate surface area is 169 Å². The highest BCUT2D eigenvalue weighted by Crippen LogP contribution is 2.30. The fourth-order valence-corrected chi connectivity index (χ4v) is 3.63. The normalized spacial score (nSPS) is 10.8. The van der Waals surface area contributed by atoms with Gasteiger partial charge in [0.2, 0.25) is 5.91 Å². The summed E-state index contributed by atoms with van der Waals surface area (Å²) in [5.41, 5.74) is 1.37. The molecule has 1 N–H and O–H groups in total. The predicted octanol–water partition coefficient (Wildman–Crippen LogP) is 5.17. The summed E-state index contributed by atoms with van der Waals surface area (Å²) in [4.78, 5) is 12.1. The van der Waals surface area contributed by atoms with Crippen molar-refractivity contribution in [3.8, 4) is 11.4 Å². The van der Waals surface area contributed by atoms with E-state index in [4.69, 9.17) is 34.8 Å². The summed E-state index contributed by atoms with van der Waals surface area (Å²) in [7, 11) is 1.82. The van der Waals surface area contributed by atoms with Crippen LogP contribution in [0.2, 0.25) is 15.1 Å². The summed E-state index contributed by atoms with van der Waals surface area (Å²) in [6.45, 7) is 0. The number of thioether (sulfide) groups is 1. The SMILES string of the molecule is Cn1c(SCC(=O)Nc2cccc(Cl)c2)nnc1-c1ccc(Cl)cc1Cl. The molecule has 0 fully saturated rings. The molecule has 0 spiro atoms. The quantitative estimate of drug-likeness (QED) is 0.570. The Balaban J connectivity index is 1.68. The first kappa shape index (κ1) is 19.0. The van der Waals surface area contributed by atoms with Gasteiger partial charge in [0.05, 0.1) is 10.8 Å². The van der Waals surface area contributed by atoms with E-state index >= 15 is 0 Å². The molecule has 2 aromatic carbocycles. The molecule has 1 amide bonds. The fourth-order valence-electron chi connectivity index (χ4n) is 2.24. The molecule has 1 heterocycles.